The maximum absolute atomic E-state index is 12.6. The van der Waals surface area contributed by atoms with Crippen LogP contribution in [0.15, 0.2) is 18.2 Å². The van der Waals surface area contributed by atoms with Crippen LogP contribution < -0.4 is 5.32 Å². The molecule has 0 saturated carbocycles. The predicted octanol–water partition coefficient (Wildman–Crippen LogP) is 1.58. The van der Waals surface area contributed by atoms with Gasteiger partial charge in [0.05, 0.1) is 0 Å². The van der Waals surface area contributed by atoms with Crippen LogP contribution in [0.3, 0.4) is 0 Å². The number of amides is 2. The summed E-state index contributed by atoms with van der Waals surface area (Å²) >= 11 is 0. The zero-order valence-electron chi connectivity index (χ0n) is 11.3. The molecule has 2 amide bonds. The van der Waals surface area contributed by atoms with Crippen molar-refractivity contribution in [3.8, 4) is 0 Å². The molecule has 0 aromatic heterocycles. The molecule has 1 atom stereocenters. The first-order chi connectivity index (χ1) is 9.11. The second-order valence-electron chi connectivity index (χ2n) is 5.37. The minimum Gasteiger partial charge on any atom is -0.352 e. The Hall–Kier alpha value is -1.84. The van der Waals surface area contributed by atoms with E-state index in [1.54, 1.807) is 4.90 Å². The van der Waals surface area contributed by atoms with Crippen molar-refractivity contribution in [2.45, 2.75) is 32.2 Å². The van der Waals surface area contributed by atoms with Crippen LogP contribution >= 0.6 is 0 Å². The molecule has 2 aliphatic heterocycles. The molecule has 0 aliphatic carbocycles. The standard InChI is InChI=1S/C15H18N2O2/c1-3-6-15-12-5-4-10(2)9-11(12)13(18)17(15)8-7-16-14(15)19/h4-5,9H,3,6-8H2,1-2H3,(H,16,19). The molecule has 2 aliphatic rings. The van der Waals surface area contributed by atoms with E-state index in [0.717, 1.165) is 17.5 Å². The number of nitrogens with zero attached hydrogens (tertiary/aromatic N) is 1. The largest absolute Gasteiger partial charge is 0.352 e. The van der Waals surface area contributed by atoms with E-state index in [2.05, 4.69) is 5.32 Å². The zero-order chi connectivity index (χ0) is 13.6. The van der Waals surface area contributed by atoms with Gasteiger partial charge in [-0.05, 0) is 25.0 Å². The number of carbonyl (C=O) groups is 2. The molecule has 19 heavy (non-hydrogen) atoms. The number of benzene rings is 1. The Bertz CT molecular complexity index is 567. The second-order valence-corrected chi connectivity index (χ2v) is 5.37. The highest BCUT2D eigenvalue weighted by Crippen LogP contribution is 2.44. The summed E-state index contributed by atoms with van der Waals surface area (Å²) in [7, 11) is 0. The molecule has 1 aromatic rings. The molecule has 0 spiro atoms. The van der Waals surface area contributed by atoms with Gasteiger partial charge >= 0.3 is 0 Å². The van der Waals surface area contributed by atoms with Crippen LogP contribution in [0.25, 0.3) is 0 Å². The fraction of sp³-hybridized carbons (Fsp3) is 0.467. The van der Waals surface area contributed by atoms with Crippen LogP contribution in [0.4, 0.5) is 0 Å². The summed E-state index contributed by atoms with van der Waals surface area (Å²) in [6.45, 7) is 5.16. The van der Waals surface area contributed by atoms with E-state index in [1.807, 2.05) is 32.0 Å². The van der Waals surface area contributed by atoms with Crippen LogP contribution in [-0.2, 0) is 10.3 Å². The van der Waals surface area contributed by atoms with Gasteiger partial charge in [0, 0.05) is 18.7 Å². The van der Waals surface area contributed by atoms with Crippen LogP contribution in [0, 0.1) is 6.92 Å². The minimum absolute atomic E-state index is 0.00185. The van der Waals surface area contributed by atoms with Gasteiger partial charge in [-0.1, -0.05) is 31.0 Å². The normalized spacial score (nSPS) is 25.1. The number of carbonyl (C=O) groups excluding carboxylic acids is 2. The van der Waals surface area contributed by atoms with Crippen molar-refractivity contribution >= 4 is 11.8 Å². The Balaban J connectivity index is 2.24. The molecular weight excluding hydrogens is 240 g/mol. The first kappa shape index (κ1) is 12.2. The highest BCUT2D eigenvalue weighted by Gasteiger charge is 2.55. The summed E-state index contributed by atoms with van der Waals surface area (Å²) in [5, 5.41) is 2.92. The Morgan fingerprint density at radius 3 is 2.89 bits per heavy atom. The quantitative estimate of drug-likeness (QED) is 0.875. The number of fused-ring (bicyclic) bond motifs is 3. The van der Waals surface area contributed by atoms with Crippen molar-refractivity contribution in [3.05, 3.63) is 34.9 Å². The first-order valence-electron chi connectivity index (χ1n) is 6.82. The van der Waals surface area contributed by atoms with Crippen molar-refractivity contribution in [2.75, 3.05) is 13.1 Å². The SMILES string of the molecule is CCCC12C(=O)NCCN1C(=O)c1cc(C)ccc12. The van der Waals surface area contributed by atoms with E-state index in [4.69, 9.17) is 0 Å². The van der Waals surface area contributed by atoms with Gasteiger partial charge < -0.3 is 10.2 Å². The van der Waals surface area contributed by atoms with Gasteiger partial charge in [-0.2, -0.15) is 0 Å². The molecule has 1 saturated heterocycles. The summed E-state index contributed by atoms with van der Waals surface area (Å²) < 4.78 is 0. The van der Waals surface area contributed by atoms with Crippen molar-refractivity contribution < 1.29 is 9.59 Å². The van der Waals surface area contributed by atoms with E-state index >= 15 is 0 Å². The molecule has 1 unspecified atom stereocenters. The summed E-state index contributed by atoms with van der Waals surface area (Å²) in [5.41, 5.74) is 1.86. The van der Waals surface area contributed by atoms with E-state index in [-0.39, 0.29) is 11.8 Å². The number of piperazine rings is 1. The lowest BCUT2D eigenvalue weighted by Gasteiger charge is -2.41. The third-order valence-electron chi connectivity index (χ3n) is 4.17. The number of hydrogen-bond donors (Lipinski definition) is 1. The summed E-state index contributed by atoms with van der Waals surface area (Å²) in [5.74, 6) is -0.0291. The van der Waals surface area contributed by atoms with Crippen molar-refractivity contribution in [1.29, 1.82) is 0 Å². The Morgan fingerprint density at radius 1 is 1.37 bits per heavy atom. The van der Waals surface area contributed by atoms with Crippen molar-refractivity contribution in [1.82, 2.24) is 10.2 Å². The Morgan fingerprint density at radius 2 is 2.16 bits per heavy atom. The fourth-order valence-electron chi connectivity index (χ4n) is 3.37. The van der Waals surface area contributed by atoms with Gasteiger partial charge in [0.1, 0.15) is 5.54 Å². The smallest absolute Gasteiger partial charge is 0.255 e. The molecule has 3 rings (SSSR count). The van der Waals surface area contributed by atoms with E-state index in [1.165, 1.54) is 0 Å². The highest BCUT2D eigenvalue weighted by atomic mass is 16.2. The molecular formula is C15H18N2O2. The molecule has 1 N–H and O–H groups in total. The maximum Gasteiger partial charge on any atom is 0.255 e. The van der Waals surface area contributed by atoms with Crippen LogP contribution in [0.5, 0.6) is 0 Å². The lowest BCUT2D eigenvalue weighted by atomic mass is 9.83. The van der Waals surface area contributed by atoms with Gasteiger partial charge in [-0.15, -0.1) is 0 Å². The molecule has 2 heterocycles. The van der Waals surface area contributed by atoms with Crippen molar-refractivity contribution in [2.24, 2.45) is 0 Å². The molecule has 4 heteroatoms. The van der Waals surface area contributed by atoms with Gasteiger partial charge in [0.25, 0.3) is 11.8 Å². The number of rotatable bonds is 2. The van der Waals surface area contributed by atoms with Gasteiger partial charge in [-0.3, -0.25) is 9.59 Å². The van der Waals surface area contributed by atoms with Crippen LogP contribution in [-0.4, -0.2) is 29.8 Å². The number of aryl methyl sites for hydroxylation is 1. The van der Waals surface area contributed by atoms with E-state index in [9.17, 15) is 9.59 Å². The zero-order valence-corrected chi connectivity index (χ0v) is 11.3. The third kappa shape index (κ3) is 1.46. The number of nitrogens with one attached hydrogen (secondary N) is 1. The van der Waals surface area contributed by atoms with E-state index < -0.39 is 5.54 Å². The molecule has 0 radical (unpaired) electrons. The highest BCUT2D eigenvalue weighted by molar-refractivity contribution is 6.07. The van der Waals surface area contributed by atoms with Crippen LogP contribution in [0.1, 0.15) is 41.3 Å². The monoisotopic (exact) mass is 258 g/mol. The molecule has 100 valence electrons. The predicted molar refractivity (Wildman–Crippen MR) is 71.8 cm³/mol. The molecule has 1 aromatic carbocycles. The Labute approximate surface area is 112 Å². The first-order valence-corrected chi connectivity index (χ1v) is 6.82. The van der Waals surface area contributed by atoms with Gasteiger partial charge in [-0.25, -0.2) is 0 Å². The maximum atomic E-state index is 12.6. The lowest BCUT2D eigenvalue weighted by molar-refractivity contribution is -0.135. The van der Waals surface area contributed by atoms with Gasteiger partial charge in [0.15, 0.2) is 0 Å². The molecule has 4 nitrogen and oxygen atoms in total. The molecule has 0 bridgehead atoms. The molecule has 1 fully saturated rings. The van der Waals surface area contributed by atoms with Gasteiger partial charge in [0.2, 0.25) is 0 Å². The summed E-state index contributed by atoms with van der Waals surface area (Å²) in [4.78, 5) is 26.8. The third-order valence-corrected chi connectivity index (χ3v) is 4.17. The van der Waals surface area contributed by atoms with Crippen LogP contribution in [0.2, 0.25) is 0 Å². The fourth-order valence-corrected chi connectivity index (χ4v) is 3.37. The summed E-state index contributed by atoms with van der Waals surface area (Å²) in [6, 6.07) is 5.83. The minimum atomic E-state index is -0.771. The Kier molecular flexibility index (Phi) is 2.62. The van der Waals surface area contributed by atoms with E-state index in [0.29, 0.717) is 25.1 Å². The average molecular weight is 258 g/mol. The number of hydrogen-bond acceptors (Lipinski definition) is 2. The second kappa shape index (κ2) is 4.08. The van der Waals surface area contributed by atoms with Crippen molar-refractivity contribution in [3.63, 3.8) is 0 Å². The average Bonchev–Trinajstić information content (AvgIpc) is 2.63. The lowest BCUT2D eigenvalue weighted by Crippen LogP contribution is -2.61. The topological polar surface area (TPSA) is 49.4 Å². The summed E-state index contributed by atoms with van der Waals surface area (Å²) in [6.07, 6.45) is 1.55.